The largest absolute Gasteiger partial charge is 0.301 e. The minimum atomic E-state index is -3.83. The number of fused-ring (bicyclic) bond motifs is 1. The molecule has 106 valence electrons. The zero-order valence-electron chi connectivity index (χ0n) is 11.2. The first-order valence-corrected chi connectivity index (χ1v) is 8.08. The summed E-state index contributed by atoms with van der Waals surface area (Å²) in [7, 11) is -3.83. The summed E-state index contributed by atoms with van der Waals surface area (Å²) in [6.45, 7) is 2.35. The lowest BCUT2D eigenvalue weighted by molar-refractivity contribution is 0.549. The fourth-order valence-corrected chi connectivity index (χ4v) is 3.54. The van der Waals surface area contributed by atoms with Crippen molar-refractivity contribution in [1.82, 2.24) is 14.8 Å². The molecular weight excluding hydrogens is 276 g/mol. The zero-order valence-corrected chi connectivity index (χ0v) is 12.0. The second-order valence-corrected chi connectivity index (χ2v) is 6.46. The van der Waals surface area contributed by atoms with Crippen LogP contribution in [0.2, 0.25) is 0 Å². The molecule has 0 amide bonds. The number of rotatable bonds is 3. The monoisotopic (exact) mass is 292 g/mol. The molecule has 1 aliphatic carbocycles. The molecule has 0 spiro atoms. The number of nitrogens with zero attached hydrogens (tertiary/aromatic N) is 3. The number of aromatic nitrogens is 3. The summed E-state index contributed by atoms with van der Waals surface area (Å²) in [6.07, 6.45) is 1.72. The van der Waals surface area contributed by atoms with Gasteiger partial charge in [0.15, 0.2) is 0 Å². The first-order chi connectivity index (χ1) is 9.50. The smallest absolute Gasteiger partial charge is 0.273 e. The van der Waals surface area contributed by atoms with Gasteiger partial charge in [-0.15, -0.1) is 10.2 Å². The van der Waals surface area contributed by atoms with E-state index in [1.54, 1.807) is 4.57 Å². The second-order valence-electron chi connectivity index (χ2n) is 5.00. The van der Waals surface area contributed by atoms with Crippen LogP contribution in [0.4, 0.5) is 0 Å². The Hall–Kier alpha value is -1.73. The van der Waals surface area contributed by atoms with E-state index in [4.69, 9.17) is 5.14 Å². The van der Waals surface area contributed by atoms with Crippen LogP contribution in [0.1, 0.15) is 29.8 Å². The number of hydrogen-bond acceptors (Lipinski definition) is 4. The summed E-state index contributed by atoms with van der Waals surface area (Å²) in [5, 5.41) is 12.9. The van der Waals surface area contributed by atoms with Crippen LogP contribution in [0.5, 0.6) is 0 Å². The van der Waals surface area contributed by atoms with E-state index in [0.29, 0.717) is 12.4 Å². The molecule has 6 nitrogen and oxygen atoms in total. The summed E-state index contributed by atoms with van der Waals surface area (Å²) >= 11 is 0. The van der Waals surface area contributed by atoms with Crippen LogP contribution in [0, 0.1) is 0 Å². The van der Waals surface area contributed by atoms with Crippen LogP contribution >= 0.6 is 0 Å². The normalized spacial score (nSPS) is 15.5. The maximum atomic E-state index is 11.5. The number of primary sulfonamides is 1. The molecule has 7 heteroatoms. The van der Waals surface area contributed by atoms with Gasteiger partial charge in [-0.05, 0) is 30.9 Å². The average molecular weight is 292 g/mol. The van der Waals surface area contributed by atoms with Crippen LogP contribution in [0.25, 0.3) is 0 Å². The number of hydrogen-bond donors (Lipinski definition) is 1. The highest BCUT2D eigenvalue weighted by molar-refractivity contribution is 7.89. The van der Waals surface area contributed by atoms with Gasteiger partial charge < -0.3 is 4.57 Å². The molecule has 20 heavy (non-hydrogen) atoms. The van der Waals surface area contributed by atoms with Gasteiger partial charge >= 0.3 is 0 Å². The van der Waals surface area contributed by atoms with E-state index in [0.717, 1.165) is 12.8 Å². The lowest BCUT2D eigenvalue weighted by Gasteiger charge is -2.11. The van der Waals surface area contributed by atoms with Crippen molar-refractivity contribution in [3.63, 3.8) is 0 Å². The molecule has 0 saturated carbocycles. The molecular formula is C13H16N4O2S. The standard InChI is InChI=1S/C13H16N4O2S/c1-2-17-12(15-16-13(17)20(14,18)19)11-7-9-5-3-4-6-10(9)8-11/h3-6,11H,2,7-8H2,1H3,(H2,14,18,19). The number of benzene rings is 1. The second kappa shape index (κ2) is 4.68. The summed E-state index contributed by atoms with van der Waals surface area (Å²) in [5.74, 6) is 0.864. The van der Waals surface area contributed by atoms with E-state index in [9.17, 15) is 8.42 Å². The van der Waals surface area contributed by atoms with E-state index in [1.165, 1.54) is 11.1 Å². The predicted octanol–water partition coefficient (Wildman–Crippen LogP) is 0.828. The van der Waals surface area contributed by atoms with Crippen molar-refractivity contribution < 1.29 is 8.42 Å². The van der Waals surface area contributed by atoms with E-state index in [-0.39, 0.29) is 11.1 Å². The third kappa shape index (κ3) is 2.12. The molecule has 0 unspecified atom stereocenters. The Labute approximate surface area is 117 Å². The molecule has 2 aromatic rings. The lowest BCUT2D eigenvalue weighted by Crippen LogP contribution is -2.20. The first kappa shape index (κ1) is 13.3. The summed E-state index contributed by atoms with van der Waals surface area (Å²) in [6, 6.07) is 8.23. The molecule has 0 atom stereocenters. The Morgan fingerprint density at radius 1 is 1.25 bits per heavy atom. The fourth-order valence-electron chi connectivity index (χ4n) is 2.85. The van der Waals surface area contributed by atoms with Gasteiger partial charge in [0.05, 0.1) is 0 Å². The van der Waals surface area contributed by atoms with Gasteiger partial charge in [0.2, 0.25) is 0 Å². The first-order valence-electron chi connectivity index (χ1n) is 6.53. The molecule has 0 bridgehead atoms. The quantitative estimate of drug-likeness (QED) is 0.907. The third-order valence-electron chi connectivity index (χ3n) is 3.73. The van der Waals surface area contributed by atoms with Crippen molar-refractivity contribution in [3.05, 3.63) is 41.2 Å². The highest BCUT2D eigenvalue weighted by Crippen LogP contribution is 2.33. The molecule has 3 rings (SSSR count). The molecule has 1 aromatic carbocycles. The lowest BCUT2D eigenvalue weighted by atomic mass is 10.1. The molecule has 0 aliphatic heterocycles. The highest BCUT2D eigenvalue weighted by Gasteiger charge is 2.29. The van der Waals surface area contributed by atoms with Crippen LogP contribution in [0.3, 0.4) is 0 Å². The van der Waals surface area contributed by atoms with Crippen molar-refractivity contribution >= 4 is 10.0 Å². The minimum absolute atomic E-state index is 0.147. The van der Waals surface area contributed by atoms with Crippen molar-refractivity contribution in [1.29, 1.82) is 0 Å². The molecule has 1 aliphatic rings. The predicted molar refractivity (Wildman–Crippen MR) is 73.7 cm³/mol. The van der Waals surface area contributed by atoms with Crippen LogP contribution in [0.15, 0.2) is 29.4 Å². The van der Waals surface area contributed by atoms with Crippen molar-refractivity contribution in [2.75, 3.05) is 0 Å². The zero-order chi connectivity index (χ0) is 14.3. The highest BCUT2D eigenvalue weighted by atomic mass is 32.2. The van der Waals surface area contributed by atoms with Crippen LogP contribution in [-0.4, -0.2) is 23.2 Å². The number of nitrogens with two attached hydrogens (primary N) is 1. The maximum absolute atomic E-state index is 11.5. The fraction of sp³-hybridized carbons (Fsp3) is 0.385. The molecule has 0 fully saturated rings. The van der Waals surface area contributed by atoms with Crippen molar-refractivity contribution in [2.24, 2.45) is 5.14 Å². The van der Waals surface area contributed by atoms with E-state index < -0.39 is 10.0 Å². The minimum Gasteiger partial charge on any atom is -0.301 e. The molecule has 0 saturated heterocycles. The molecule has 1 aromatic heterocycles. The van der Waals surface area contributed by atoms with Gasteiger partial charge in [0.1, 0.15) is 5.82 Å². The average Bonchev–Trinajstić information content (AvgIpc) is 3.00. The van der Waals surface area contributed by atoms with Crippen molar-refractivity contribution in [3.8, 4) is 0 Å². The molecule has 0 radical (unpaired) electrons. The SMILES string of the molecule is CCn1c(C2Cc3ccccc3C2)nnc1S(N)(=O)=O. The summed E-state index contributed by atoms with van der Waals surface area (Å²) in [4.78, 5) is 0. The van der Waals surface area contributed by atoms with Gasteiger partial charge in [-0.1, -0.05) is 24.3 Å². The van der Waals surface area contributed by atoms with Crippen LogP contribution in [-0.2, 0) is 29.4 Å². The Morgan fingerprint density at radius 2 is 1.85 bits per heavy atom. The molecule has 1 heterocycles. The maximum Gasteiger partial charge on any atom is 0.273 e. The van der Waals surface area contributed by atoms with Crippen molar-refractivity contribution in [2.45, 2.75) is 37.4 Å². The molecule has 2 N–H and O–H groups in total. The van der Waals surface area contributed by atoms with Gasteiger partial charge in [0, 0.05) is 12.5 Å². The number of sulfonamides is 1. The van der Waals surface area contributed by atoms with Gasteiger partial charge in [-0.25, -0.2) is 13.6 Å². The Kier molecular flexibility index (Phi) is 3.10. The topological polar surface area (TPSA) is 90.9 Å². The Morgan fingerprint density at radius 3 is 2.35 bits per heavy atom. The Balaban J connectivity index is 2.00. The van der Waals surface area contributed by atoms with Gasteiger partial charge in [-0.2, -0.15) is 0 Å². The van der Waals surface area contributed by atoms with Crippen LogP contribution < -0.4 is 5.14 Å². The summed E-state index contributed by atoms with van der Waals surface area (Å²) in [5.41, 5.74) is 2.58. The summed E-state index contributed by atoms with van der Waals surface area (Å²) < 4.78 is 24.6. The Bertz CT molecular complexity index is 726. The van der Waals surface area contributed by atoms with E-state index in [2.05, 4.69) is 22.3 Å². The van der Waals surface area contributed by atoms with E-state index in [1.807, 2.05) is 19.1 Å². The van der Waals surface area contributed by atoms with Gasteiger partial charge in [0.25, 0.3) is 15.2 Å². The van der Waals surface area contributed by atoms with E-state index >= 15 is 0 Å². The third-order valence-corrected chi connectivity index (χ3v) is 4.54. The van der Waals surface area contributed by atoms with Gasteiger partial charge in [-0.3, -0.25) is 0 Å².